The van der Waals surface area contributed by atoms with Crippen molar-refractivity contribution >= 4 is 28.4 Å². The first-order valence-corrected chi connectivity index (χ1v) is 10.6. The van der Waals surface area contributed by atoms with Gasteiger partial charge in [-0.1, -0.05) is 35.9 Å². The van der Waals surface area contributed by atoms with Gasteiger partial charge < -0.3 is 10.2 Å². The van der Waals surface area contributed by atoms with Crippen LogP contribution in [-0.2, 0) is 11.3 Å². The van der Waals surface area contributed by atoms with Crippen molar-refractivity contribution in [3.8, 4) is 0 Å². The summed E-state index contributed by atoms with van der Waals surface area (Å²) in [5, 5.41) is 3.64. The second-order valence-corrected chi connectivity index (χ2v) is 8.32. The molecular formula is C25H27N3O3. The maximum absolute atomic E-state index is 13.0. The average molecular weight is 418 g/mol. The molecule has 0 spiro atoms. The van der Waals surface area contributed by atoms with Gasteiger partial charge >= 0.3 is 0 Å². The van der Waals surface area contributed by atoms with Crippen molar-refractivity contribution in [1.29, 1.82) is 0 Å². The lowest BCUT2D eigenvalue weighted by atomic mass is 10.1. The number of carbonyl (C=O) groups excluding carboxylic acids is 2. The minimum Gasteiger partial charge on any atom is -0.339 e. The number of para-hydroxylation sites is 1. The Morgan fingerprint density at radius 1 is 0.968 bits per heavy atom. The third-order valence-corrected chi connectivity index (χ3v) is 5.89. The van der Waals surface area contributed by atoms with Gasteiger partial charge in [0, 0.05) is 30.2 Å². The zero-order chi connectivity index (χ0) is 22.1. The van der Waals surface area contributed by atoms with Gasteiger partial charge in [-0.2, -0.15) is 0 Å². The van der Waals surface area contributed by atoms with E-state index >= 15 is 0 Å². The Kier molecular flexibility index (Phi) is 5.63. The number of hydrogen-bond acceptors (Lipinski definition) is 3. The first-order valence-electron chi connectivity index (χ1n) is 10.6. The molecule has 1 N–H and O–H groups in total. The Bertz CT molecular complexity index is 1210. The van der Waals surface area contributed by atoms with E-state index in [9.17, 15) is 14.4 Å². The summed E-state index contributed by atoms with van der Waals surface area (Å²) in [6.45, 7) is 7.24. The Morgan fingerprint density at radius 2 is 1.61 bits per heavy atom. The van der Waals surface area contributed by atoms with Crippen LogP contribution in [0.25, 0.3) is 10.9 Å². The number of aromatic nitrogens is 1. The lowest BCUT2D eigenvalue weighted by Crippen LogP contribution is -2.32. The van der Waals surface area contributed by atoms with Gasteiger partial charge in [0.15, 0.2) is 0 Å². The SMILES string of the molecule is Cc1cc(C)c(NC(=O)Cn2c(=O)cc(C(=O)N3CCCC3)c3ccccc32)c(C)c1. The van der Waals surface area contributed by atoms with Crippen LogP contribution in [0.2, 0.25) is 0 Å². The molecule has 1 fully saturated rings. The van der Waals surface area contributed by atoms with E-state index in [0.29, 0.717) is 29.6 Å². The molecule has 1 aliphatic rings. The number of amides is 2. The van der Waals surface area contributed by atoms with Crippen LogP contribution < -0.4 is 10.9 Å². The maximum Gasteiger partial charge on any atom is 0.254 e. The van der Waals surface area contributed by atoms with Crippen LogP contribution in [-0.4, -0.2) is 34.4 Å². The molecule has 1 saturated heterocycles. The molecule has 3 aromatic rings. The lowest BCUT2D eigenvalue weighted by molar-refractivity contribution is -0.116. The van der Waals surface area contributed by atoms with Crippen LogP contribution >= 0.6 is 0 Å². The third kappa shape index (κ3) is 4.10. The molecule has 2 amide bonds. The zero-order valence-corrected chi connectivity index (χ0v) is 18.2. The summed E-state index contributed by atoms with van der Waals surface area (Å²) in [5.74, 6) is -0.394. The maximum atomic E-state index is 13.0. The van der Waals surface area contributed by atoms with Crippen LogP contribution in [0.5, 0.6) is 0 Å². The van der Waals surface area contributed by atoms with Crippen LogP contribution in [0, 0.1) is 20.8 Å². The fraction of sp³-hybridized carbons (Fsp3) is 0.320. The molecule has 0 atom stereocenters. The smallest absolute Gasteiger partial charge is 0.254 e. The van der Waals surface area contributed by atoms with E-state index in [-0.39, 0.29) is 23.9 Å². The highest BCUT2D eigenvalue weighted by atomic mass is 16.2. The van der Waals surface area contributed by atoms with Crippen LogP contribution in [0.1, 0.15) is 39.9 Å². The average Bonchev–Trinajstić information content (AvgIpc) is 3.27. The van der Waals surface area contributed by atoms with Gasteiger partial charge in [0.25, 0.3) is 11.5 Å². The summed E-state index contributed by atoms with van der Waals surface area (Å²) in [7, 11) is 0. The van der Waals surface area contributed by atoms with Crippen LogP contribution in [0.3, 0.4) is 0 Å². The highest BCUT2D eigenvalue weighted by molar-refractivity contribution is 6.06. The molecule has 31 heavy (non-hydrogen) atoms. The number of fused-ring (bicyclic) bond motifs is 1. The van der Waals surface area contributed by atoms with Gasteiger partial charge in [0.05, 0.1) is 11.1 Å². The highest BCUT2D eigenvalue weighted by Crippen LogP contribution is 2.23. The summed E-state index contributed by atoms with van der Waals surface area (Å²) >= 11 is 0. The molecule has 0 unspecified atom stereocenters. The molecule has 160 valence electrons. The first kappa shape index (κ1) is 20.8. The van der Waals surface area contributed by atoms with E-state index in [1.54, 1.807) is 11.0 Å². The highest BCUT2D eigenvalue weighted by Gasteiger charge is 2.23. The summed E-state index contributed by atoms with van der Waals surface area (Å²) in [6, 6.07) is 12.7. The predicted molar refractivity (Wildman–Crippen MR) is 123 cm³/mol. The van der Waals surface area contributed by atoms with E-state index in [1.807, 2.05) is 51.1 Å². The molecule has 1 aliphatic heterocycles. The van der Waals surface area contributed by atoms with Crippen molar-refractivity contribution in [3.63, 3.8) is 0 Å². The number of benzene rings is 2. The van der Waals surface area contributed by atoms with Crippen molar-refractivity contribution in [2.24, 2.45) is 0 Å². The topological polar surface area (TPSA) is 71.4 Å². The third-order valence-electron chi connectivity index (χ3n) is 5.89. The normalized spacial score (nSPS) is 13.6. The number of nitrogens with zero attached hydrogens (tertiary/aromatic N) is 2. The van der Waals surface area contributed by atoms with Crippen molar-refractivity contribution < 1.29 is 9.59 Å². The van der Waals surface area contributed by atoms with Gasteiger partial charge in [-0.05, 0) is 50.8 Å². The monoisotopic (exact) mass is 417 g/mol. The number of nitrogens with one attached hydrogen (secondary N) is 1. The summed E-state index contributed by atoms with van der Waals surface area (Å²) in [6.07, 6.45) is 1.97. The van der Waals surface area contributed by atoms with Gasteiger partial charge in [-0.3, -0.25) is 19.0 Å². The zero-order valence-electron chi connectivity index (χ0n) is 18.2. The number of carbonyl (C=O) groups is 2. The Balaban J connectivity index is 1.68. The molecule has 2 heterocycles. The molecule has 0 aliphatic carbocycles. The van der Waals surface area contributed by atoms with Gasteiger partial charge in [-0.15, -0.1) is 0 Å². The molecule has 1 aromatic heterocycles. The second-order valence-electron chi connectivity index (χ2n) is 8.32. The largest absolute Gasteiger partial charge is 0.339 e. The van der Waals surface area contributed by atoms with E-state index in [1.165, 1.54) is 10.6 Å². The minimum absolute atomic E-state index is 0.117. The van der Waals surface area contributed by atoms with E-state index < -0.39 is 0 Å². The standard InChI is InChI=1S/C25H27N3O3/c1-16-12-17(2)24(18(3)13-16)26-22(29)15-28-21-9-5-4-8-19(21)20(14-23(28)30)25(31)27-10-6-7-11-27/h4-5,8-9,12-14H,6-7,10-11,15H2,1-3H3,(H,26,29). The molecule has 0 bridgehead atoms. The quantitative estimate of drug-likeness (QED) is 0.702. The molecule has 6 heteroatoms. The van der Waals surface area contributed by atoms with Crippen molar-refractivity contribution in [2.75, 3.05) is 18.4 Å². The number of rotatable bonds is 4. The van der Waals surface area contributed by atoms with Crippen molar-refractivity contribution in [1.82, 2.24) is 9.47 Å². The van der Waals surface area contributed by atoms with E-state index in [2.05, 4.69) is 5.32 Å². The van der Waals surface area contributed by atoms with Gasteiger partial charge in [-0.25, -0.2) is 0 Å². The molecule has 4 rings (SSSR count). The van der Waals surface area contributed by atoms with Crippen LogP contribution in [0.4, 0.5) is 5.69 Å². The van der Waals surface area contributed by atoms with Crippen molar-refractivity contribution in [2.45, 2.75) is 40.2 Å². The number of hydrogen-bond donors (Lipinski definition) is 1. The number of likely N-dealkylation sites (tertiary alicyclic amines) is 1. The predicted octanol–water partition coefficient (Wildman–Crippen LogP) is 3.80. The van der Waals surface area contributed by atoms with Crippen molar-refractivity contribution in [3.05, 3.63) is 75.1 Å². The summed E-state index contributed by atoms with van der Waals surface area (Å²) in [4.78, 5) is 40.6. The number of aryl methyl sites for hydroxylation is 3. The molecule has 2 aromatic carbocycles. The number of anilines is 1. The summed E-state index contributed by atoms with van der Waals surface area (Å²) < 4.78 is 1.43. The Morgan fingerprint density at radius 3 is 2.29 bits per heavy atom. The molecular weight excluding hydrogens is 390 g/mol. The van der Waals surface area contributed by atoms with Crippen LogP contribution in [0.15, 0.2) is 47.3 Å². The Hall–Kier alpha value is -3.41. The number of pyridine rings is 1. The van der Waals surface area contributed by atoms with E-state index in [4.69, 9.17) is 0 Å². The van der Waals surface area contributed by atoms with Gasteiger partial charge in [0.2, 0.25) is 5.91 Å². The molecule has 6 nitrogen and oxygen atoms in total. The second kappa shape index (κ2) is 8.38. The minimum atomic E-state index is -0.353. The fourth-order valence-electron chi connectivity index (χ4n) is 4.46. The fourth-order valence-corrected chi connectivity index (χ4v) is 4.46. The molecule has 0 radical (unpaired) electrons. The molecule has 0 saturated carbocycles. The van der Waals surface area contributed by atoms with E-state index in [0.717, 1.165) is 35.2 Å². The lowest BCUT2D eigenvalue weighted by Gasteiger charge is -2.18. The first-order chi connectivity index (χ1) is 14.8. The Labute approximate surface area is 181 Å². The van der Waals surface area contributed by atoms with Gasteiger partial charge in [0.1, 0.15) is 6.54 Å². The summed E-state index contributed by atoms with van der Waals surface area (Å²) in [5.41, 5.74) is 4.51.